The lowest BCUT2D eigenvalue weighted by atomic mass is 9.95. The van der Waals surface area contributed by atoms with Crippen LogP contribution in [0.1, 0.15) is 42.0 Å². The van der Waals surface area contributed by atoms with Gasteiger partial charge in [-0.1, -0.05) is 31.0 Å². The average Bonchev–Trinajstić information content (AvgIpc) is 2.93. The van der Waals surface area contributed by atoms with Gasteiger partial charge in [-0.15, -0.1) is 0 Å². The van der Waals surface area contributed by atoms with Gasteiger partial charge in [-0.05, 0) is 42.9 Å². The summed E-state index contributed by atoms with van der Waals surface area (Å²) in [5.41, 5.74) is 10.3. The molecule has 1 fully saturated rings. The van der Waals surface area contributed by atoms with Crippen LogP contribution < -0.4 is 5.73 Å². The lowest BCUT2D eigenvalue weighted by molar-refractivity contribution is 0.594. The Morgan fingerprint density at radius 2 is 2.07 bits per heavy atom. The second kappa shape index (κ2) is 3.74. The monoisotopic (exact) mass is 189 g/mol. The van der Waals surface area contributed by atoms with E-state index < -0.39 is 0 Å². The first-order chi connectivity index (χ1) is 6.68. The summed E-state index contributed by atoms with van der Waals surface area (Å²) in [6.45, 7) is 4.33. The molecule has 0 unspecified atom stereocenters. The minimum atomic E-state index is 0.252. The van der Waals surface area contributed by atoms with Gasteiger partial charge in [0.15, 0.2) is 0 Å². The van der Waals surface area contributed by atoms with Crippen molar-refractivity contribution in [1.29, 1.82) is 0 Å². The lowest BCUT2D eigenvalue weighted by Crippen LogP contribution is -2.12. The van der Waals surface area contributed by atoms with E-state index in [0.717, 1.165) is 5.92 Å². The minimum absolute atomic E-state index is 0.252. The maximum absolute atomic E-state index is 6.21. The zero-order chi connectivity index (χ0) is 10.1. The number of benzene rings is 1. The van der Waals surface area contributed by atoms with Crippen LogP contribution in [-0.2, 0) is 0 Å². The third kappa shape index (κ3) is 1.98. The zero-order valence-electron chi connectivity index (χ0n) is 9.09. The van der Waals surface area contributed by atoms with Crippen molar-refractivity contribution in [2.75, 3.05) is 0 Å². The van der Waals surface area contributed by atoms with E-state index >= 15 is 0 Å². The first-order valence-corrected chi connectivity index (χ1v) is 5.50. The molecule has 0 heterocycles. The molecule has 1 aliphatic carbocycles. The van der Waals surface area contributed by atoms with E-state index in [4.69, 9.17) is 5.73 Å². The molecule has 2 rings (SSSR count). The first-order valence-electron chi connectivity index (χ1n) is 5.50. The van der Waals surface area contributed by atoms with Crippen molar-refractivity contribution in [2.24, 2.45) is 11.7 Å². The SMILES string of the molecule is Cc1cccc([C@H](N)CC2CC2)c1C. The lowest BCUT2D eigenvalue weighted by Gasteiger charge is -2.15. The van der Waals surface area contributed by atoms with Crippen molar-refractivity contribution in [3.63, 3.8) is 0 Å². The Kier molecular flexibility index (Phi) is 2.60. The highest BCUT2D eigenvalue weighted by Gasteiger charge is 2.25. The largest absolute Gasteiger partial charge is 0.324 e. The Morgan fingerprint density at radius 1 is 1.36 bits per heavy atom. The molecular weight excluding hydrogens is 170 g/mol. The third-order valence-electron chi connectivity index (χ3n) is 3.33. The van der Waals surface area contributed by atoms with Crippen LogP contribution >= 0.6 is 0 Å². The molecule has 14 heavy (non-hydrogen) atoms. The van der Waals surface area contributed by atoms with Gasteiger partial charge >= 0.3 is 0 Å². The zero-order valence-corrected chi connectivity index (χ0v) is 9.09. The first kappa shape index (κ1) is 9.72. The Balaban J connectivity index is 2.16. The summed E-state index contributed by atoms with van der Waals surface area (Å²) in [6.07, 6.45) is 3.95. The molecule has 1 aromatic rings. The summed E-state index contributed by atoms with van der Waals surface area (Å²) >= 11 is 0. The van der Waals surface area contributed by atoms with Gasteiger partial charge in [0.05, 0.1) is 0 Å². The second-order valence-electron chi connectivity index (χ2n) is 4.57. The fourth-order valence-corrected chi connectivity index (χ4v) is 2.02. The van der Waals surface area contributed by atoms with Gasteiger partial charge < -0.3 is 5.73 Å². The number of rotatable bonds is 3. The van der Waals surface area contributed by atoms with Gasteiger partial charge in [0.2, 0.25) is 0 Å². The summed E-state index contributed by atoms with van der Waals surface area (Å²) in [7, 11) is 0. The van der Waals surface area contributed by atoms with Crippen LogP contribution in [0.25, 0.3) is 0 Å². The Morgan fingerprint density at radius 3 is 2.71 bits per heavy atom. The molecule has 1 aromatic carbocycles. The van der Waals surface area contributed by atoms with Gasteiger partial charge in [-0.3, -0.25) is 0 Å². The number of hydrogen-bond acceptors (Lipinski definition) is 1. The van der Waals surface area contributed by atoms with Crippen LogP contribution in [0.2, 0.25) is 0 Å². The summed E-state index contributed by atoms with van der Waals surface area (Å²) in [6, 6.07) is 6.70. The molecule has 0 saturated heterocycles. The molecule has 1 atom stereocenters. The van der Waals surface area contributed by atoms with Gasteiger partial charge in [0, 0.05) is 6.04 Å². The average molecular weight is 189 g/mol. The Labute approximate surface area is 86.3 Å². The van der Waals surface area contributed by atoms with E-state index in [1.165, 1.54) is 36.0 Å². The maximum Gasteiger partial charge on any atom is 0.0300 e. The predicted octanol–water partition coefficient (Wildman–Crippen LogP) is 3.10. The summed E-state index contributed by atoms with van der Waals surface area (Å²) < 4.78 is 0. The predicted molar refractivity (Wildman–Crippen MR) is 60.2 cm³/mol. The molecule has 1 heteroatoms. The summed E-state index contributed by atoms with van der Waals surface area (Å²) in [5, 5.41) is 0. The molecule has 0 spiro atoms. The topological polar surface area (TPSA) is 26.0 Å². The molecule has 76 valence electrons. The highest BCUT2D eigenvalue weighted by Crippen LogP contribution is 2.37. The molecule has 1 saturated carbocycles. The molecule has 1 nitrogen and oxygen atoms in total. The molecule has 0 radical (unpaired) electrons. The highest BCUT2D eigenvalue weighted by molar-refractivity contribution is 5.35. The highest BCUT2D eigenvalue weighted by atomic mass is 14.6. The van der Waals surface area contributed by atoms with E-state index in [9.17, 15) is 0 Å². The van der Waals surface area contributed by atoms with Gasteiger partial charge in [0.25, 0.3) is 0 Å². The quantitative estimate of drug-likeness (QED) is 0.776. The van der Waals surface area contributed by atoms with Crippen LogP contribution in [-0.4, -0.2) is 0 Å². The summed E-state index contributed by atoms with van der Waals surface area (Å²) in [4.78, 5) is 0. The van der Waals surface area contributed by atoms with Crippen molar-refractivity contribution < 1.29 is 0 Å². The van der Waals surface area contributed by atoms with E-state index in [0.29, 0.717) is 0 Å². The van der Waals surface area contributed by atoms with Crippen molar-refractivity contribution in [2.45, 2.75) is 39.2 Å². The van der Waals surface area contributed by atoms with Crippen LogP contribution in [0, 0.1) is 19.8 Å². The van der Waals surface area contributed by atoms with Crippen LogP contribution in [0.15, 0.2) is 18.2 Å². The normalized spacial score (nSPS) is 18.2. The Bertz CT molecular complexity index is 326. The number of aryl methyl sites for hydroxylation is 1. The Hall–Kier alpha value is -0.820. The van der Waals surface area contributed by atoms with Gasteiger partial charge in [-0.2, -0.15) is 0 Å². The standard InChI is InChI=1S/C13H19N/c1-9-4-3-5-12(10(9)2)13(14)8-11-6-7-11/h3-5,11,13H,6-8,14H2,1-2H3/t13-/m1/s1. The van der Waals surface area contributed by atoms with Crippen molar-refractivity contribution in [1.82, 2.24) is 0 Å². The molecular formula is C13H19N. The van der Waals surface area contributed by atoms with Crippen molar-refractivity contribution in [3.8, 4) is 0 Å². The van der Waals surface area contributed by atoms with E-state index in [1.807, 2.05) is 0 Å². The fourth-order valence-electron chi connectivity index (χ4n) is 2.02. The molecule has 1 aliphatic rings. The van der Waals surface area contributed by atoms with Gasteiger partial charge in [-0.25, -0.2) is 0 Å². The summed E-state index contributed by atoms with van der Waals surface area (Å²) in [5.74, 6) is 0.907. The molecule has 0 amide bonds. The van der Waals surface area contributed by atoms with Crippen LogP contribution in [0.5, 0.6) is 0 Å². The maximum atomic E-state index is 6.21. The molecule has 2 N–H and O–H groups in total. The van der Waals surface area contributed by atoms with Crippen molar-refractivity contribution >= 4 is 0 Å². The van der Waals surface area contributed by atoms with Crippen LogP contribution in [0.3, 0.4) is 0 Å². The van der Waals surface area contributed by atoms with E-state index in [-0.39, 0.29) is 6.04 Å². The smallest absolute Gasteiger partial charge is 0.0300 e. The van der Waals surface area contributed by atoms with E-state index in [2.05, 4.69) is 32.0 Å². The molecule has 0 aromatic heterocycles. The number of hydrogen-bond donors (Lipinski definition) is 1. The minimum Gasteiger partial charge on any atom is -0.324 e. The van der Waals surface area contributed by atoms with Gasteiger partial charge in [0.1, 0.15) is 0 Å². The van der Waals surface area contributed by atoms with E-state index in [1.54, 1.807) is 0 Å². The number of nitrogens with two attached hydrogens (primary N) is 1. The van der Waals surface area contributed by atoms with Crippen molar-refractivity contribution in [3.05, 3.63) is 34.9 Å². The molecule has 0 aliphatic heterocycles. The second-order valence-corrected chi connectivity index (χ2v) is 4.57. The van der Waals surface area contributed by atoms with Crippen LogP contribution in [0.4, 0.5) is 0 Å². The third-order valence-corrected chi connectivity index (χ3v) is 3.33. The fraction of sp³-hybridized carbons (Fsp3) is 0.538. The molecule has 0 bridgehead atoms.